The van der Waals surface area contributed by atoms with E-state index in [0.29, 0.717) is 5.92 Å². The van der Waals surface area contributed by atoms with Gasteiger partial charge < -0.3 is 0 Å². The molecule has 1 unspecified atom stereocenters. The van der Waals surface area contributed by atoms with Gasteiger partial charge >= 0.3 is 0 Å². The summed E-state index contributed by atoms with van der Waals surface area (Å²) in [6.45, 7) is 4.97. The maximum Gasteiger partial charge on any atom is 0.108 e. The van der Waals surface area contributed by atoms with Crippen LogP contribution in [0.15, 0.2) is 47.7 Å². The van der Waals surface area contributed by atoms with Gasteiger partial charge in [0.15, 0.2) is 0 Å². The van der Waals surface area contributed by atoms with Crippen LogP contribution < -0.4 is 5.19 Å². The molecule has 1 aromatic carbocycles. The Labute approximate surface area is 92.3 Å². The third kappa shape index (κ3) is 1.13. The molecular formula is C14H16Si. The lowest BCUT2D eigenvalue weighted by molar-refractivity contribution is 0.850. The summed E-state index contributed by atoms with van der Waals surface area (Å²) in [5, 5.41) is 3.39. The van der Waals surface area contributed by atoms with Crippen LogP contribution in [0, 0.1) is 0 Å². The van der Waals surface area contributed by atoms with Crippen molar-refractivity contribution in [3.8, 4) is 0 Å². The lowest BCUT2D eigenvalue weighted by atomic mass is 9.93. The van der Waals surface area contributed by atoms with E-state index in [2.05, 4.69) is 55.6 Å². The molecule has 0 saturated heterocycles. The van der Waals surface area contributed by atoms with Crippen LogP contribution in [0.2, 0.25) is 13.1 Å². The van der Waals surface area contributed by atoms with Crippen molar-refractivity contribution < 1.29 is 0 Å². The molecule has 0 fully saturated rings. The second-order valence-corrected chi connectivity index (χ2v) is 9.42. The van der Waals surface area contributed by atoms with Gasteiger partial charge in [-0.15, -0.1) is 0 Å². The molecule has 1 aliphatic carbocycles. The molecule has 15 heavy (non-hydrogen) atoms. The first-order valence-electron chi connectivity index (χ1n) is 5.68. The summed E-state index contributed by atoms with van der Waals surface area (Å²) < 4.78 is 0. The SMILES string of the molecule is C[Si]1(C)C2=CC=CCC2c2ccccc21. The van der Waals surface area contributed by atoms with Crippen LogP contribution in [0.25, 0.3) is 0 Å². The van der Waals surface area contributed by atoms with Crippen LogP contribution in [-0.4, -0.2) is 8.07 Å². The monoisotopic (exact) mass is 212 g/mol. The molecule has 0 radical (unpaired) electrons. The van der Waals surface area contributed by atoms with Crippen LogP contribution >= 0.6 is 0 Å². The maximum atomic E-state index is 2.48. The molecule has 0 spiro atoms. The molecule has 0 N–H and O–H groups in total. The summed E-state index contributed by atoms with van der Waals surface area (Å²) in [4.78, 5) is 0. The fourth-order valence-corrected chi connectivity index (χ4v) is 6.55. The van der Waals surface area contributed by atoms with Crippen molar-refractivity contribution >= 4 is 13.3 Å². The van der Waals surface area contributed by atoms with Gasteiger partial charge in [0.2, 0.25) is 0 Å². The first-order valence-corrected chi connectivity index (χ1v) is 8.68. The van der Waals surface area contributed by atoms with E-state index in [-0.39, 0.29) is 0 Å². The highest BCUT2D eigenvalue weighted by Gasteiger charge is 2.42. The van der Waals surface area contributed by atoms with E-state index in [0.717, 1.165) is 0 Å². The molecule has 0 aromatic heterocycles. The average molecular weight is 212 g/mol. The minimum absolute atomic E-state index is 0.702. The van der Waals surface area contributed by atoms with E-state index < -0.39 is 8.07 Å². The molecule has 0 saturated carbocycles. The Morgan fingerprint density at radius 2 is 2.00 bits per heavy atom. The second-order valence-electron chi connectivity index (χ2n) is 5.05. The van der Waals surface area contributed by atoms with Crippen LogP contribution in [-0.2, 0) is 0 Å². The first-order chi connectivity index (χ1) is 7.21. The highest BCUT2D eigenvalue weighted by atomic mass is 28.3. The lowest BCUT2D eigenvalue weighted by Gasteiger charge is -2.23. The molecule has 1 aromatic rings. The van der Waals surface area contributed by atoms with Crippen molar-refractivity contribution in [3.05, 3.63) is 53.3 Å². The van der Waals surface area contributed by atoms with Gasteiger partial charge in [-0.2, -0.15) is 0 Å². The third-order valence-electron chi connectivity index (χ3n) is 3.89. The Bertz CT molecular complexity index is 466. The van der Waals surface area contributed by atoms with E-state index in [1.165, 1.54) is 6.42 Å². The van der Waals surface area contributed by atoms with Crippen LogP contribution in [0.1, 0.15) is 17.9 Å². The number of hydrogen-bond acceptors (Lipinski definition) is 0. The Kier molecular flexibility index (Phi) is 1.81. The Morgan fingerprint density at radius 3 is 2.87 bits per heavy atom. The largest absolute Gasteiger partial charge is 0.108 e. The van der Waals surface area contributed by atoms with Crippen molar-refractivity contribution in [1.82, 2.24) is 0 Å². The molecule has 2 aliphatic rings. The minimum Gasteiger partial charge on any atom is -0.0836 e. The number of allylic oxidation sites excluding steroid dienone is 4. The molecule has 3 rings (SSSR count). The standard InChI is InChI=1S/C14H16Si/c1-15(2)13-9-5-3-7-11(13)12-8-4-6-10-14(12)15/h3-7,9-10,12H,8H2,1-2H3. The minimum atomic E-state index is -1.31. The predicted octanol–water partition coefficient (Wildman–Crippen LogP) is 3.12. The Hall–Kier alpha value is -1.08. The van der Waals surface area contributed by atoms with Crippen LogP contribution in [0.4, 0.5) is 0 Å². The van der Waals surface area contributed by atoms with Crippen LogP contribution in [0.5, 0.6) is 0 Å². The molecule has 1 atom stereocenters. The van der Waals surface area contributed by atoms with Gasteiger partial charge in [0, 0.05) is 5.92 Å². The molecule has 0 amide bonds. The zero-order valence-corrected chi connectivity index (χ0v) is 10.3. The molecule has 0 nitrogen and oxygen atoms in total. The number of hydrogen-bond donors (Lipinski definition) is 0. The summed E-state index contributed by atoms with van der Waals surface area (Å²) in [7, 11) is -1.31. The smallest absolute Gasteiger partial charge is 0.0836 e. The summed E-state index contributed by atoms with van der Waals surface area (Å²) in [6.07, 6.45) is 8.13. The predicted molar refractivity (Wildman–Crippen MR) is 68.1 cm³/mol. The fourth-order valence-electron chi connectivity index (χ4n) is 3.09. The zero-order valence-electron chi connectivity index (χ0n) is 9.33. The van der Waals surface area contributed by atoms with Gasteiger partial charge in [-0.25, -0.2) is 0 Å². The highest BCUT2D eigenvalue weighted by molar-refractivity contribution is 6.97. The molecular weight excluding hydrogens is 196 g/mol. The average Bonchev–Trinajstić information content (AvgIpc) is 2.51. The van der Waals surface area contributed by atoms with Crippen molar-refractivity contribution in [2.24, 2.45) is 0 Å². The van der Waals surface area contributed by atoms with E-state index in [1.54, 1.807) is 15.9 Å². The van der Waals surface area contributed by atoms with E-state index in [4.69, 9.17) is 0 Å². The molecule has 0 bridgehead atoms. The highest BCUT2D eigenvalue weighted by Crippen LogP contribution is 2.42. The van der Waals surface area contributed by atoms with E-state index >= 15 is 0 Å². The molecule has 1 aliphatic heterocycles. The van der Waals surface area contributed by atoms with Crippen molar-refractivity contribution in [1.29, 1.82) is 0 Å². The fraction of sp³-hybridized carbons (Fsp3) is 0.286. The van der Waals surface area contributed by atoms with Gasteiger partial charge in [-0.05, 0) is 12.0 Å². The van der Waals surface area contributed by atoms with Crippen molar-refractivity contribution in [3.63, 3.8) is 0 Å². The summed E-state index contributed by atoms with van der Waals surface area (Å²) in [5.74, 6) is 0.702. The molecule has 76 valence electrons. The molecule has 1 heterocycles. The van der Waals surface area contributed by atoms with Crippen LogP contribution in [0.3, 0.4) is 0 Å². The van der Waals surface area contributed by atoms with Gasteiger partial charge in [0.05, 0.1) is 0 Å². The maximum absolute atomic E-state index is 2.48. The second kappa shape index (κ2) is 2.95. The quantitative estimate of drug-likeness (QED) is 0.580. The first kappa shape index (κ1) is 9.17. The lowest BCUT2D eigenvalue weighted by Crippen LogP contribution is -2.40. The van der Waals surface area contributed by atoms with Gasteiger partial charge in [0.1, 0.15) is 8.07 Å². The molecule has 1 heteroatoms. The zero-order chi connectivity index (χ0) is 10.5. The topological polar surface area (TPSA) is 0 Å². The Balaban J connectivity index is 2.26. The number of benzene rings is 1. The number of rotatable bonds is 0. The summed E-state index contributed by atoms with van der Waals surface area (Å²) in [6, 6.07) is 9.05. The van der Waals surface area contributed by atoms with E-state index in [9.17, 15) is 0 Å². The van der Waals surface area contributed by atoms with Crippen molar-refractivity contribution in [2.75, 3.05) is 0 Å². The Morgan fingerprint density at radius 1 is 1.20 bits per heavy atom. The van der Waals surface area contributed by atoms with Gasteiger partial charge in [-0.1, -0.05) is 66.0 Å². The van der Waals surface area contributed by atoms with E-state index in [1.807, 2.05) is 0 Å². The van der Waals surface area contributed by atoms with Gasteiger partial charge in [0.25, 0.3) is 0 Å². The third-order valence-corrected chi connectivity index (χ3v) is 7.65. The summed E-state index contributed by atoms with van der Waals surface area (Å²) >= 11 is 0. The van der Waals surface area contributed by atoms with Gasteiger partial charge in [-0.3, -0.25) is 0 Å². The summed E-state index contributed by atoms with van der Waals surface area (Å²) in [5.41, 5.74) is 1.60. The normalized spacial score (nSPS) is 25.7. The van der Waals surface area contributed by atoms with Crippen molar-refractivity contribution in [2.45, 2.75) is 25.4 Å². The number of fused-ring (bicyclic) bond motifs is 3.